The molecule has 3 N–H and O–H groups in total. The van der Waals surface area contributed by atoms with E-state index in [0.717, 1.165) is 17.9 Å². The molecule has 0 bridgehead atoms. The third kappa shape index (κ3) is 3.33. The fraction of sp³-hybridized carbons (Fsp3) is 0.714. The summed E-state index contributed by atoms with van der Waals surface area (Å²) in [7, 11) is 1.86. The third-order valence-electron chi connectivity index (χ3n) is 1.71. The van der Waals surface area contributed by atoms with Crippen LogP contribution in [0.5, 0.6) is 0 Å². The number of hydrogen-bond acceptors (Lipinski definition) is 5. The standard InChI is InChI=1S/C7H15N5S/c1-12-4-6(10-11-12)3-7(9-8)5-13-2/h4,7,9H,3,5,8H2,1-2H3. The van der Waals surface area contributed by atoms with Gasteiger partial charge in [-0.1, -0.05) is 5.21 Å². The second-order valence-electron chi connectivity index (χ2n) is 2.91. The summed E-state index contributed by atoms with van der Waals surface area (Å²) in [6, 6.07) is 0.270. The van der Waals surface area contributed by atoms with Crippen molar-refractivity contribution in [3.05, 3.63) is 11.9 Å². The van der Waals surface area contributed by atoms with Crippen LogP contribution in [0.1, 0.15) is 5.69 Å². The van der Waals surface area contributed by atoms with Gasteiger partial charge < -0.3 is 0 Å². The van der Waals surface area contributed by atoms with Crippen molar-refractivity contribution in [2.75, 3.05) is 12.0 Å². The molecule has 1 aromatic heterocycles. The van der Waals surface area contributed by atoms with Crippen LogP contribution in [-0.4, -0.2) is 33.0 Å². The van der Waals surface area contributed by atoms with Gasteiger partial charge in [-0.2, -0.15) is 11.8 Å². The molecule has 0 spiro atoms. The minimum atomic E-state index is 0.270. The van der Waals surface area contributed by atoms with Gasteiger partial charge in [0.05, 0.1) is 5.69 Å². The predicted octanol–water partition coefficient (Wildman–Crippen LogP) is -0.447. The Morgan fingerprint density at radius 3 is 3.00 bits per heavy atom. The normalized spacial score (nSPS) is 13.2. The van der Waals surface area contributed by atoms with Gasteiger partial charge in [-0.05, 0) is 6.26 Å². The zero-order valence-electron chi connectivity index (χ0n) is 7.90. The number of aromatic nitrogens is 3. The van der Waals surface area contributed by atoms with Crippen LogP contribution < -0.4 is 11.3 Å². The highest BCUT2D eigenvalue weighted by atomic mass is 32.2. The van der Waals surface area contributed by atoms with E-state index in [4.69, 9.17) is 5.84 Å². The molecule has 1 atom stereocenters. The first kappa shape index (κ1) is 10.5. The van der Waals surface area contributed by atoms with E-state index in [0.29, 0.717) is 0 Å². The molecule has 0 saturated carbocycles. The first-order valence-electron chi connectivity index (χ1n) is 4.06. The zero-order valence-corrected chi connectivity index (χ0v) is 8.71. The molecule has 6 heteroatoms. The van der Waals surface area contributed by atoms with Crippen LogP contribution in [0.15, 0.2) is 6.20 Å². The highest BCUT2D eigenvalue weighted by Crippen LogP contribution is 2.02. The number of hydrogen-bond donors (Lipinski definition) is 2. The average molecular weight is 201 g/mol. The Balaban J connectivity index is 2.46. The zero-order chi connectivity index (χ0) is 9.68. The second kappa shape index (κ2) is 5.21. The van der Waals surface area contributed by atoms with Crippen LogP contribution in [0.2, 0.25) is 0 Å². The largest absolute Gasteiger partial charge is 0.271 e. The van der Waals surface area contributed by atoms with Crippen molar-refractivity contribution >= 4 is 11.8 Å². The van der Waals surface area contributed by atoms with Crippen molar-refractivity contribution in [1.82, 2.24) is 20.4 Å². The summed E-state index contributed by atoms with van der Waals surface area (Å²) in [4.78, 5) is 0. The smallest absolute Gasteiger partial charge is 0.0843 e. The third-order valence-corrected chi connectivity index (χ3v) is 2.44. The monoisotopic (exact) mass is 201 g/mol. The first-order valence-corrected chi connectivity index (χ1v) is 5.46. The maximum absolute atomic E-state index is 5.40. The quantitative estimate of drug-likeness (QED) is 0.499. The van der Waals surface area contributed by atoms with E-state index in [-0.39, 0.29) is 6.04 Å². The van der Waals surface area contributed by atoms with Crippen molar-refractivity contribution in [1.29, 1.82) is 0 Å². The lowest BCUT2D eigenvalue weighted by atomic mass is 10.2. The summed E-state index contributed by atoms with van der Waals surface area (Å²) >= 11 is 1.76. The van der Waals surface area contributed by atoms with Crippen molar-refractivity contribution < 1.29 is 0 Å². The SMILES string of the molecule is CSCC(Cc1cn(C)nn1)NN. The first-order chi connectivity index (χ1) is 6.26. The Hall–Kier alpha value is -0.590. The van der Waals surface area contributed by atoms with E-state index < -0.39 is 0 Å². The van der Waals surface area contributed by atoms with Crippen molar-refractivity contribution in [2.45, 2.75) is 12.5 Å². The maximum atomic E-state index is 5.40. The van der Waals surface area contributed by atoms with Crippen LogP contribution in [0.25, 0.3) is 0 Å². The van der Waals surface area contributed by atoms with E-state index >= 15 is 0 Å². The van der Waals surface area contributed by atoms with Gasteiger partial charge in [0.25, 0.3) is 0 Å². The van der Waals surface area contributed by atoms with E-state index in [9.17, 15) is 0 Å². The topological polar surface area (TPSA) is 68.8 Å². The Morgan fingerprint density at radius 1 is 1.77 bits per heavy atom. The number of nitrogens with one attached hydrogen (secondary N) is 1. The number of rotatable bonds is 5. The lowest BCUT2D eigenvalue weighted by Crippen LogP contribution is -2.38. The molecule has 74 valence electrons. The molecule has 0 aliphatic carbocycles. The summed E-state index contributed by atoms with van der Waals surface area (Å²) in [5.41, 5.74) is 3.73. The molecule has 1 rings (SSSR count). The summed E-state index contributed by atoms with van der Waals surface area (Å²) in [5, 5.41) is 7.85. The van der Waals surface area contributed by atoms with Crippen molar-refractivity contribution in [3.8, 4) is 0 Å². The molecule has 0 saturated heterocycles. The highest BCUT2D eigenvalue weighted by Gasteiger charge is 2.08. The fourth-order valence-corrected chi connectivity index (χ4v) is 1.72. The predicted molar refractivity (Wildman–Crippen MR) is 54.2 cm³/mol. The summed E-state index contributed by atoms with van der Waals surface area (Å²) in [5.74, 6) is 6.37. The number of nitrogens with zero attached hydrogens (tertiary/aromatic N) is 3. The van der Waals surface area contributed by atoms with E-state index in [1.165, 1.54) is 0 Å². The summed E-state index contributed by atoms with van der Waals surface area (Å²) < 4.78 is 1.70. The molecular weight excluding hydrogens is 186 g/mol. The fourth-order valence-electron chi connectivity index (χ4n) is 1.11. The Morgan fingerprint density at radius 2 is 2.54 bits per heavy atom. The Labute approximate surface area is 82.0 Å². The number of aryl methyl sites for hydroxylation is 1. The van der Waals surface area contributed by atoms with Crippen molar-refractivity contribution in [3.63, 3.8) is 0 Å². The van der Waals surface area contributed by atoms with Crippen molar-refractivity contribution in [2.24, 2.45) is 12.9 Å². The molecule has 0 aromatic carbocycles. The minimum Gasteiger partial charge on any atom is -0.271 e. The molecule has 0 aliphatic rings. The van der Waals surface area contributed by atoms with E-state index in [1.54, 1.807) is 16.4 Å². The Bertz CT molecular complexity index is 249. The lowest BCUT2D eigenvalue weighted by Gasteiger charge is -2.11. The Kier molecular flexibility index (Phi) is 4.20. The highest BCUT2D eigenvalue weighted by molar-refractivity contribution is 7.98. The minimum absolute atomic E-state index is 0.270. The number of nitrogens with two attached hydrogens (primary N) is 1. The molecule has 13 heavy (non-hydrogen) atoms. The molecule has 1 unspecified atom stereocenters. The maximum Gasteiger partial charge on any atom is 0.0843 e. The van der Waals surface area contributed by atoms with Crippen LogP contribution in [0.4, 0.5) is 0 Å². The van der Waals surface area contributed by atoms with Gasteiger partial charge in [0.15, 0.2) is 0 Å². The summed E-state index contributed by atoms with van der Waals surface area (Å²) in [6.07, 6.45) is 4.79. The van der Waals surface area contributed by atoms with E-state index in [1.807, 2.05) is 13.2 Å². The second-order valence-corrected chi connectivity index (χ2v) is 3.82. The lowest BCUT2D eigenvalue weighted by molar-refractivity contribution is 0.569. The van der Waals surface area contributed by atoms with Gasteiger partial charge >= 0.3 is 0 Å². The molecule has 5 nitrogen and oxygen atoms in total. The van der Waals surface area contributed by atoms with Gasteiger partial charge in [0.1, 0.15) is 0 Å². The molecule has 0 fully saturated rings. The number of thioether (sulfide) groups is 1. The van der Waals surface area contributed by atoms with Gasteiger partial charge in [0.2, 0.25) is 0 Å². The molecular formula is C7H15N5S. The molecule has 1 aromatic rings. The van der Waals surface area contributed by atoms with Crippen LogP contribution >= 0.6 is 11.8 Å². The molecule has 0 radical (unpaired) electrons. The van der Waals surface area contributed by atoms with Gasteiger partial charge in [-0.3, -0.25) is 16.0 Å². The molecule has 0 amide bonds. The molecule has 1 heterocycles. The van der Waals surface area contributed by atoms with Gasteiger partial charge in [0, 0.05) is 31.5 Å². The summed E-state index contributed by atoms with van der Waals surface area (Å²) in [6.45, 7) is 0. The average Bonchev–Trinajstić information content (AvgIpc) is 2.50. The van der Waals surface area contributed by atoms with Gasteiger partial charge in [-0.15, -0.1) is 5.10 Å². The van der Waals surface area contributed by atoms with Crippen LogP contribution in [0, 0.1) is 0 Å². The van der Waals surface area contributed by atoms with E-state index in [2.05, 4.69) is 22.0 Å². The van der Waals surface area contributed by atoms with Crippen LogP contribution in [0.3, 0.4) is 0 Å². The molecule has 0 aliphatic heterocycles. The van der Waals surface area contributed by atoms with Crippen LogP contribution in [-0.2, 0) is 13.5 Å². The van der Waals surface area contributed by atoms with Gasteiger partial charge in [-0.25, -0.2) is 0 Å². The number of hydrazine groups is 1.